The first kappa shape index (κ1) is 10.8. The van der Waals surface area contributed by atoms with Gasteiger partial charge >= 0.3 is 7.95 Å². The zero-order valence-electron chi connectivity index (χ0n) is 9.00. The van der Waals surface area contributed by atoms with Gasteiger partial charge < -0.3 is 0 Å². The molecule has 0 saturated heterocycles. The molecule has 2 aromatic heterocycles. The molecule has 2 aromatic rings. The summed E-state index contributed by atoms with van der Waals surface area (Å²) < 4.78 is 13.1. The fourth-order valence-corrected chi connectivity index (χ4v) is 2.12. The molecule has 0 aromatic carbocycles. The second-order valence-corrected chi connectivity index (χ2v) is 4.80. The first-order chi connectivity index (χ1) is 7.72. The SMILES string of the molecule is C=Cc1cn([P+](C)=O)cc1-c1ccncc1. The number of aromatic nitrogens is 2. The zero-order valence-corrected chi connectivity index (χ0v) is 9.89. The summed E-state index contributed by atoms with van der Waals surface area (Å²) in [5.41, 5.74) is 3.07. The van der Waals surface area contributed by atoms with Crippen LogP contribution in [0.4, 0.5) is 0 Å². The average molecular weight is 231 g/mol. The molecule has 4 heteroatoms. The van der Waals surface area contributed by atoms with Crippen molar-refractivity contribution in [2.24, 2.45) is 0 Å². The Balaban J connectivity index is 2.56. The van der Waals surface area contributed by atoms with Crippen molar-refractivity contribution in [3.8, 4) is 11.1 Å². The molecule has 3 nitrogen and oxygen atoms in total. The summed E-state index contributed by atoms with van der Waals surface area (Å²) in [6.07, 6.45) is 8.98. The lowest BCUT2D eigenvalue weighted by molar-refractivity contribution is 0.586. The van der Waals surface area contributed by atoms with Crippen molar-refractivity contribution in [3.63, 3.8) is 0 Å². The third kappa shape index (κ3) is 1.95. The molecule has 1 unspecified atom stereocenters. The minimum absolute atomic E-state index is 0.983. The van der Waals surface area contributed by atoms with Crippen molar-refractivity contribution in [2.75, 3.05) is 6.66 Å². The molecule has 2 heterocycles. The van der Waals surface area contributed by atoms with Gasteiger partial charge in [0, 0.05) is 23.5 Å². The maximum Gasteiger partial charge on any atom is 0.462 e. The van der Waals surface area contributed by atoms with E-state index >= 15 is 0 Å². The highest BCUT2D eigenvalue weighted by Crippen LogP contribution is 2.30. The van der Waals surface area contributed by atoms with E-state index in [0.29, 0.717) is 0 Å². The normalized spacial score (nSPS) is 11.2. The van der Waals surface area contributed by atoms with E-state index in [9.17, 15) is 4.57 Å². The Hall–Kier alpha value is -1.73. The number of rotatable bonds is 3. The predicted molar refractivity (Wildman–Crippen MR) is 66.7 cm³/mol. The standard InChI is InChI=1S/C12H12N2OP/c1-3-10-8-14(16(2)15)9-12(10)11-4-6-13-7-5-11/h3-9H,1H2,2H3/q+1. The molecule has 0 aliphatic rings. The molecule has 80 valence electrons. The minimum atomic E-state index is -1.38. The Morgan fingerprint density at radius 2 is 2.06 bits per heavy atom. The van der Waals surface area contributed by atoms with E-state index in [-0.39, 0.29) is 0 Å². The molecule has 0 radical (unpaired) electrons. The second-order valence-electron chi connectivity index (χ2n) is 3.41. The molecule has 1 atom stereocenters. The van der Waals surface area contributed by atoms with Gasteiger partial charge in [-0.25, -0.2) is 0 Å². The Morgan fingerprint density at radius 1 is 1.38 bits per heavy atom. The van der Waals surface area contributed by atoms with E-state index in [0.717, 1.165) is 16.7 Å². The summed E-state index contributed by atoms with van der Waals surface area (Å²) in [4.78, 5) is 3.98. The Morgan fingerprint density at radius 3 is 2.62 bits per heavy atom. The van der Waals surface area contributed by atoms with Crippen LogP contribution in [-0.2, 0) is 4.57 Å². The van der Waals surface area contributed by atoms with E-state index in [1.54, 1.807) is 29.5 Å². The Bertz CT molecular complexity index is 531. The van der Waals surface area contributed by atoms with Gasteiger partial charge in [0.15, 0.2) is 6.66 Å². The van der Waals surface area contributed by atoms with E-state index in [4.69, 9.17) is 0 Å². The molecular weight excluding hydrogens is 219 g/mol. The molecule has 0 fully saturated rings. The van der Waals surface area contributed by atoms with Crippen molar-refractivity contribution < 1.29 is 4.57 Å². The lowest BCUT2D eigenvalue weighted by Gasteiger charge is -1.97. The van der Waals surface area contributed by atoms with Gasteiger partial charge in [0.05, 0.1) is 12.4 Å². The largest absolute Gasteiger partial charge is 0.462 e. The molecule has 0 N–H and O–H groups in total. The maximum atomic E-state index is 11.4. The fraction of sp³-hybridized carbons (Fsp3) is 0.0833. The second kappa shape index (κ2) is 4.42. The first-order valence-corrected chi connectivity index (χ1v) is 6.54. The van der Waals surface area contributed by atoms with Crippen LogP contribution >= 0.6 is 7.95 Å². The van der Waals surface area contributed by atoms with Gasteiger partial charge in [-0.05, 0) is 22.3 Å². The van der Waals surface area contributed by atoms with Gasteiger partial charge in [0.25, 0.3) is 0 Å². The highest BCUT2D eigenvalue weighted by Gasteiger charge is 2.14. The van der Waals surface area contributed by atoms with Crippen molar-refractivity contribution >= 4 is 14.0 Å². The third-order valence-electron chi connectivity index (χ3n) is 2.38. The molecule has 0 spiro atoms. The molecule has 0 aliphatic carbocycles. The monoisotopic (exact) mass is 231 g/mol. The number of hydrogen-bond donors (Lipinski definition) is 0. The molecule has 2 rings (SSSR count). The molecule has 0 aliphatic heterocycles. The quantitative estimate of drug-likeness (QED) is 0.758. The van der Waals surface area contributed by atoms with Gasteiger partial charge in [0.2, 0.25) is 0 Å². The van der Waals surface area contributed by atoms with Crippen LogP contribution in [0.1, 0.15) is 5.56 Å². The first-order valence-electron chi connectivity index (χ1n) is 4.88. The number of pyridine rings is 1. The minimum Gasteiger partial charge on any atom is -0.265 e. The molecule has 0 amide bonds. The topological polar surface area (TPSA) is 34.9 Å². The lowest BCUT2D eigenvalue weighted by atomic mass is 10.1. The summed E-state index contributed by atoms with van der Waals surface area (Å²) >= 11 is 0. The average Bonchev–Trinajstić information content (AvgIpc) is 2.74. The molecule has 0 saturated carbocycles. The fourth-order valence-electron chi connectivity index (χ4n) is 1.55. The summed E-state index contributed by atoms with van der Waals surface area (Å²) in [5.74, 6) is 0. The highest BCUT2D eigenvalue weighted by molar-refractivity contribution is 7.42. The van der Waals surface area contributed by atoms with Crippen LogP contribution in [0.25, 0.3) is 17.2 Å². The van der Waals surface area contributed by atoms with Gasteiger partial charge in [0.1, 0.15) is 0 Å². The van der Waals surface area contributed by atoms with Gasteiger partial charge in [-0.15, -0.1) is 4.34 Å². The lowest BCUT2D eigenvalue weighted by Crippen LogP contribution is -1.78. The maximum absolute atomic E-state index is 11.4. The summed E-state index contributed by atoms with van der Waals surface area (Å²) in [7, 11) is -1.38. The van der Waals surface area contributed by atoms with Crippen LogP contribution in [-0.4, -0.2) is 16.0 Å². The number of hydrogen-bond acceptors (Lipinski definition) is 2. The summed E-state index contributed by atoms with van der Waals surface area (Å²) in [6, 6.07) is 3.85. The smallest absolute Gasteiger partial charge is 0.265 e. The van der Waals surface area contributed by atoms with Crippen molar-refractivity contribution in [1.29, 1.82) is 0 Å². The van der Waals surface area contributed by atoms with E-state index in [1.807, 2.05) is 24.5 Å². The molecule has 16 heavy (non-hydrogen) atoms. The van der Waals surface area contributed by atoms with E-state index in [1.165, 1.54) is 0 Å². The highest BCUT2D eigenvalue weighted by atomic mass is 31.1. The number of nitrogens with zero attached hydrogens (tertiary/aromatic N) is 2. The van der Waals surface area contributed by atoms with Crippen LogP contribution in [0.2, 0.25) is 0 Å². The van der Waals surface area contributed by atoms with Crippen LogP contribution in [0.3, 0.4) is 0 Å². The van der Waals surface area contributed by atoms with Gasteiger partial charge in [-0.1, -0.05) is 12.7 Å². The van der Waals surface area contributed by atoms with Crippen LogP contribution < -0.4 is 0 Å². The molecular formula is C12H12N2OP+. The van der Waals surface area contributed by atoms with Crippen LogP contribution in [0, 0.1) is 0 Å². The van der Waals surface area contributed by atoms with E-state index < -0.39 is 7.95 Å². The van der Waals surface area contributed by atoms with Crippen LogP contribution in [0.15, 0.2) is 43.5 Å². The van der Waals surface area contributed by atoms with Crippen molar-refractivity contribution in [2.45, 2.75) is 0 Å². The molecule has 0 bridgehead atoms. The van der Waals surface area contributed by atoms with Gasteiger partial charge in [-0.3, -0.25) is 4.98 Å². The summed E-state index contributed by atoms with van der Waals surface area (Å²) in [6.45, 7) is 5.45. The zero-order chi connectivity index (χ0) is 11.5. The van der Waals surface area contributed by atoms with E-state index in [2.05, 4.69) is 11.6 Å². The van der Waals surface area contributed by atoms with Crippen molar-refractivity contribution in [3.05, 3.63) is 49.1 Å². The van der Waals surface area contributed by atoms with Crippen LogP contribution in [0.5, 0.6) is 0 Å². The Kier molecular flexibility index (Phi) is 2.97. The third-order valence-corrected chi connectivity index (χ3v) is 3.26. The van der Waals surface area contributed by atoms with Gasteiger partial charge in [-0.2, -0.15) is 0 Å². The van der Waals surface area contributed by atoms with Crippen molar-refractivity contribution in [1.82, 2.24) is 9.32 Å². The Labute approximate surface area is 95.3 Å². The summed E-state index contributed by atoms with van der Waals surface area (Å²) in [5, 5.41) is 0. The predicted octanol–water partition coefficient (Wildman–Crippen LogP) is 3.41.